The lowest BCUT2D eigenvalue weighted by molar-refractivity contribution is 0.787. The van der Waals surface area contributed by atoms with E-state index < -0.39 is 0 Å². The minimum absolute atomic E-state index is 0.303. The van der Waals surface area contributed by atoms with Gasteiger partial charge in [0.05, 0.1) is 0 Å². The SMILES string of the molecule is [CH]C(C)C1=CCCC1. The van der Waals surface area contributed by atoms with Crippen molar-refractivity contribution in [2.75, 3.05) is 0 Å². The van der Waals surface area contributed by atoms with Crippen LogP contribution in [0, 0.1) is 12.8 Å². The van der Waals surface area contributed by atoms with Gasteiger partial charge in [-0.1, -0.05) is 18.6 Å². The zero-order valence-electron chi connectivity index (χ0n) is 5.35. The van der Waals surface area contributed by atoms with Crippen LogP contribution < -0.4 is 0 Å². The Morgan fingerprint density at radius 1 is 1.75 bits per heavy atom. The van der Waals surface area contributed by atoms with Crippen molar-refractivity contribution in [2.45, 2.75) is 26.2 Å². The van der Waals surface area contributed by atoms with Crippen LogP contribution in [0.2, 0.25) is 0 Å². The second kappa shape index (κ2) is 2.34. The topological polar surface area (TPSA) is 0 Å². The Morgan fingerprint density at radius 3 is 2.75 bits per heavy atom. The van der Waals surface area contributed by atoms with Crippen LogP contribution in [0.1, 0.15) is 26.2 Å². The van der Waals surface area contributed by atoms with Gasteiger partial charge in [-0.25, -0.2) is 0 Å². The number of allylic oxidation sites excluding steroid dienone is 2. The first-order valence-corrected chi connectivity index (χ1v) is 3.25. The normalized spacial score (nSPS) is 19.6. The number of rotatable bonds is 1. The quantitative estimate of drug-likeness (QED) is 0.452. The van der Waals surface area contributed by atoms with Crippen LogP contribution in [0.25, 0.3) is 0 Å². The van der Waals surface area contributed by atoms with Crippen LogP contribution in [0.15, 0.2) is 11.6 Å². The van der Waals surface area contributed by atoms with E-state index in [0.717, 1.165) is 0 Å². The molecule has 0 spiro atoms. The zero-order valence-corrected chi connectivity index (χ0v) is 5.35. The smallest absolute Gasteiger partial charge is 0.0197 e. The molecule has 0 aromatic carbocycles. The maximum Gasteiger partial charge on any atom is -0.0197 e. The molecule has 44 valence electrons. The van der Waals surface area contributed by atoms with Crippen LogP contribution in [0.3, 0.4) is 0 Å². The summed E-state index contributed by atoms with van der Waals surface area (Å²) in [7, 11) is 0. The molecule has 0 nitrogen and oxygen atoms in total. The first-order valence-electron chi connectivity index (χ1n) is 3.25. The van der Waals surface area contributed by atoms with Crippen molar-refractivity contribution in [1.29, 1.82) is 0 Å². The molecule has 1 aliphatic carbocycles. The third kappa shape index (κ3) is 1.12. The first-order chi connectivity index (χ1) is 3.80. The molecule has 1 unspecified atom stereocenters. The molecule has 2 radical (unpaired) electrons. The third-order valence-electron chi connectivity index (χ3n) is 1.66. The minimum atomic E-state index is 0.303. The van der Waals surface area contributed by atoms with Crippen LogP contribution in [-0.4, -0.2) is 0 Å². The molecule has 0 saturated heterocycles. The van der Waals surface area contributed by atoms with E-state index in [2.05, 4.69) is 13.0 Å². The van der Waals surface area contributed by atoms with Crippen molar-refractivity contribution < 1.29 is 0 Å². The maximum absolute atomic E-state index is 5.63. The van der Waals surface area contributed by atoms with Gasteiger partial charge in [0.2, 0.25) is 0 Å². The molecule has 0 bridgehead atoms. The summed E-state index contributed by atoms with van der Waals surface area (Å²) in [6.07, 6.45) is 6.07. The van der Waals surface area contributed by atoms with Crippen LogP contribution >= 0.6 is 0 Å². The second-order valence-electron chi connectivity index (χ2n) is 2.46. The molecule has 0 aromatic heterocycles. The van der Waals surface area contributed by atoms with Crippen molar-refractivity contribution in [1.82, 2.24) is 0 Å². The van der Waals surface area contributed by atoms with Gasteiger partial charge in [-0.2, -0.15) is 0 Å². The maximum atomic E-state index is 5.63. The molecule has 1 aliphatic rings. The standard InChI is InChI=1S/C8H12/c1-7(2)8-5-3-4-6-8/h1,5,7H,3-4,6H2,2H3. The fourth-order valence-corrected chi connectivity index (χ4v) is 1.11. The fraction of sp³-hybridized carbons (Fsp3) is 0.625. The molecule has 0 amide bonds. The minimum Gasteiger partial charge on any atom is -0.0850 e. The largest absolute Gasteiger partial charge is 0.0850 e. The highest BCUT2D eigenvalue weighted by Gasteiger charge is 2.06. The van der Waals surface area contributed by atoms with Gasteiger partial charge in [0.1, 0.15) is 0 Å². The van der Waals surface area contributed by atoms with Gasteiger partial charge in [-0.3, -0.25) is 0 Å². The molecule has 1 rings (SSSR count). The van der Waals surface area contributed by atoms with Gasteiger partial charge in [0, 0.05) is 0 Å². The highest BCUT2D eigenvalue weighted by Crippen LogP contribution is 2.23. The van der Waals surface area contributed by atoms with Crippen LogP contribution in [0.4, 0.5) is 0 Å². The Labute approximate surface area is 51.6 Å². The molecule has 0 N–H and O–H groups in total. The molecule has 0 saturated carbocycles. The van der Waals surface area contributed by atoms with Gasteiger partial charge in [0.15, 0.2) is 0 Å². The summed E-state index contributed by atoms with van der Waals surface area (Å²) in [4.78, 5) is 0. The number of hydrogen-bond donors (Lipinski definition) is 0. The summed E-state index contributed by atoms with van der Waals surface area (Å²) in [5.41, 5.74) is 1.45. The Hall–Kier alpha value is -0.260. The molecule has 0 heterocycles. The summed E-state index contributed by atoms with van der Waals surface area (Å²) < 4.78 is 0. The Bertz CT molecular complexity index is 98.6. The molecular weight excluding hydrogens is 96.1 g/mol. The first kappa shape index (κ1) is 5.87. The lowest BCUT2D eigenvalue weighted by Gasteiger charge is -2.02. The van der Waals surface area contributed by atoms with E-state index in [1.807, 2.05) is 0 Å². The van der Waals surface area contributed by atoms with Gasteiger partial charge in [0.25, 0.3) is 0 Å². The van der Waals surface area contributed by atoms with Gasteiger partial charge < -0.3 is 0 Å². The monoisotopic (exact) mass is 108 g/mol. The molecule has 1 atom stereocenters. The molecular formula is C8H12. The number of hydrogen-bond acceptors (Lipinski definition) is 0. The van der Waals surface area contributed by atoms with E-state index in [0.29, 0.717) is 5.92 Å². The van der Waals surface area contributed by atoms with Gasteiger partial charge in [-0.15, -0.1) is 0 Å². The summed E-state index contributed by atoms with van der Waals surface area (Å²) in [6.45, 7) is 7.68. The van der Waals surface area contributed by atoms with E-state index in [1.165, 1.54) is 24.8 Å². The Balaban J connectivity index is 2.45. The average molecular weight is 108 g/mol. The van der Waals surface area contributed by atoms with Crippen LogP contribution in [-0.2, 0) is 0 Å². The molecule has 0 aromatic rings. The summed E-state index contributed by atoms with van der Waals surface area (Å²) in [6, 6.07) is 0. The zero-order chi connectivity index (χ0) is 5.98. The second-order valence-corrected chi connectivity index (χ2v) is 2.46. The predicted molar refractivity (Wildman–Crippen MR) is 35.4 cm³/mol. The summed E-state index contributed by atoms with van der Waals surface area (Å²) >= 11 is 0. The van der Waals surface area contributed by atoms with E-state index in [1.54, 1.807) is 0 Å². The van der Waals surface area contributed by atoms with Crippen LogP contribution in [0.5, 0.6) is 0 Å². The predicted octanol–water partition coefficient (Wildman–Crippen LogP) is 2.44. The molecule has 0 heteroatoms. The lowest BCUT2D eigenvalue weighted by Crippen LogP contribution is -1.88. The average Bonchev–Trinajstić information content (AvgIpc) is 2.12. The Morgan fingerprint density at radius 2 is 2.50 bits per heavy atom. The van der Waals surface area contributed by atoms with Crippen molar-refractivity contribution in [3.63, 3.8) is 0 Å². The van der Waals surface area contributed by atoms with E-state index in [9.17, 15) is 0 Å². The van der Waals surface area contributed by atoms with Crippen molar-refractivity contribution in [3.05, 3.63) is 18.6 Å². The Kier molecular flexibility index (Phi) is 1.72. The van der Waals surface area contributed by atoms with Crippen molar-refractivity contribution in [3.8, 4) is 0 Å². The molecule has 0 fully saturated rings. The molecule has 8 heavy (non-hydrogen) atoms. The van der Waals surface area contributed by atoms with Crippen molar-refractivity contribution in [2.24, 2.45) is 5.92 Å². The molecule has 0 aliphatic heterocycles. The van der Waals surface area contributed by atoms with E-state index >= 15 is 0 Å². The lowest BCUT2D eigenvalue weighted by atomic mass is 10.0. The van der Waals surface area contributed by atoms with Crippen molar-refractivity contribution >= 4 is 0 Å². The summed E-state index contributed by atoms with van der Waals surface area (Å²) in [5, 5.41) is 0. The highest BCUT2D eigenvalue weighted by molar-refractivity contribution is 5.11. The fourth-order valence-electron chi connectivity index (χ4n) is 1.11. The van der Waals surface area contributed by atoms with E-state index in [4.69, 9.17) is 6.92 Å². The van der Waals surface area contributed by atoms with Gasteiger partial charge >= 0.3 is 0 Å². The van der Waals surface area contributed by atoms with E-state index in [-0.39, 0.29) is 0 Å². The highest BCUT2D eigenvalue weighted by atomic mass is 14.1. The van der Waals surface area contributed by atoms with Gasteiger partial charge in [-0.05, 0) is 32.1 Å². The summed E-state index contributed by atoms with van der Waals surface area (Å²) in [5.74, 6) is 0.303. The third-order valence-corrected chi connectivity index (χ3v) is 1.66.